The Bertz CT molecular complexity index is 839. The van der Waals surface area contributed by atoms with Crippen LogP contribution in [0.15, 0.2) is 12.1 Å². The molecule has 27 heavy (non-hydrogen) atoms. The van der Waals surface area contributed by atoms with Crippen LogP contribution < -0.4 is 14.1 Å². The Morgan fingerprint density at radius 1 is 1.15 bits per heavy atom. The fourth-order valence-electron chi connectivity index (χ4n) is 6.10. The molecule has 2 saturated carbocycles. The van der Waals surface area contributed by atoms with Gasteiger partial charge in [0.2, 0.25) is 0 Å². The maximum absolute atomic E-state index is 11.4. The highest BCUT2D eigenvalue weighted by molar-refractivity contribution is 7.84. The largest absolute Gasteiger partial charge is 0.493 e. The molecule has 0 heterocycles. The van der Waals surface area contributed by atoms with Crippen molar-refractivity contribution in [3.8, 4) is 11.5 Å². The summed E-state index contributed by atoms with van der Waals surface area (Å²) in [4.78, 5) is 0. The standard InChI is InChI=1S/C20H29NO5S/c1-20-7-4-3-5-16(20)14-9-17(22)15-11-19(26-27(21,23)24)18(25-2)10-13(15)12(14)6-8-20/h10-12,14,16-17,22H,3-9H2,1-2H3,(H2,21,23,24)/t12?,14?,16?,17-,20-/m0/s1. The van der Waals surface area contributed by atoms with Crippen molar-refractivity contribution < 1.29 is 22.4 Å². The summed E-state index contributed by atoms with van der Waals surface area (Å²) < 4.78 is 33.0. The van der Waals surface area contributed by atoms with Gasteiger partial charge in [0.1, 0.15) is 0 Å². The van der Waals surface area contributed by atoms with E-state index in [-0.39, 0.29) is 5.75 Å². The Labute approximate surface area is 161 Å². The zero-order valence-electron chi connectivity index (χ0n) is 16.0. The number of aliphatic hydroxyl groups excluding tert-OH is 1. The van der Waals surface area contributed by atoms with E-state index in [0.29, 0.717) is 28.9 Å². The molecule has 3 aliphatic carbocycles. The van der Waals surface area contributed by atoms with Gasteiger partial charge in [0, 0.05) is 0 Å². The number of nitrogens with two attached hydrogens (primary N) is 1. The maximum atomic E-state index is 11.4. The van der Waals surface area contributed by atoms with Crippen LogP contribution >= 0.6 is 0 Å². The van der Waals surface area contributed by atoms with E-state index in [1.165, 1.54) is 39.2 Å². The number of rotatable bonds is 3. The van der Waals surface area contributed by atoms with E-state index < -0.39 is 16.4 Å². The predicted octanol–water partition coefficient (Wildman–Crippen LogP) is 3.40. The molecule has 0 aromatic heterocycles. The molecule has 3 N–H and O–H groups in total. The molecule has 2 fully saturated rings. The Hall–Kier alpha value is -1.31. The molecular formula is C20H29NO5S. The van der Waals surface area contributed by atoms with Crippen LogP contribution in [0, 0.1) is 17.3 Å². The first kappa shape index (κ1) is 19.0. The summed E-state index contributed by atoms with van der Waals surface area (Å²) in [7, 11) is -2.68. The number of hydrogen-bond donors (Lipinski definition) is 2. The fourth-order valence-corrected chi connectivity index (χ4v) is 6.48. The summed E-state index contributed by atoms with van der Waals surface area (Å²) in [5.74, 6) is 1.85. The first-order chi connectivity index (χ1) is 12.7. The molecule has 0 radical (unpaired) electrons. The third-order valence-electron chi connectivity index (χ3n) is 7.30. The summed E-state index contributed by atoms with van der Waals surface area (Å²) in [5.41, 5.74) is 2.21. The van der Waals surface area contributed by atoms with Crippen molar-refractivity contribution in [1.82, 2.24) is 0 Å². The Morgan fingerprint density at radius 3 is 2.59 bits per heavy atom. The Kier molecular flexibility index (Phi) is 4.68. The van der Waals surface area contributed by atoms with Gasteiger partial charge in [-0.2, -0.15) is 13.6 Å². The number of fused-ring (bicyclic) bond motifs is 5. The monoisotopic (exact) mass is 395 g/mol. The molecule has 7 heteroatoms. The van der Waals surface area contributed by atoms with E-state index in [2.05, 4.69) is 6.92 Å². The lowest BCUT2D eigenvalue weighted by atomic mass is 9.50. The van der Waals surface area contributed by atoms with Crippen LogP contribution in [0.25, 0.3) is 0 Å². The second-order valence-electron chi connectivity index (χ2n) is 8.77. The number of aliphatic hydroxyl groups is 1. The van der Waals surface area contributed by atoms with Gasteiger partial charge in [-0.05, 0) is 78.5 Å². The van der Waals surface area contributed by atoms with Crippen LogP contribution in [0.4, 0.5) is 0 Å². The SMILES string of the molecule is COc1cc2c(cc1OS(N)(=O)=O)[C@@H](O)CC1C2CC[C@]2(C)CCCCC12. The summed E-state index contributed by atoms with van der Waals surface area (Å²) in [6.45, 7) is 2.43. The predicted molar refractivity (Wildman–Crippen MR) is 102 cm³/mol. The van der Waals surface area contributed by atoms with Crippen LogP contribution in [0.3, 0.4) is 0 Å². The first-order valence-corrected chi connectivity index (χ1v) is 11.3. The number of hydrogen-bond acceptors (Lipinski definition) is 5. The van der Waals surface area contributed by atoms with Gasteiger partial charge >= 0.3 is 10.3 Å². The van der Waals surface area contributed by atoms with Crippen molar-refractivity contribution in [2.75, 3.05) is 7.11 Å². The summed E-state index contributed by atoms with van der Waals surface area (Å²) in [5, 5.41) is 15.9. The first-order valence-electron chi connectivity index (χ1n) is 9.84. The minimum atomic E-state index is -4.16. The fraction of sp³-hybridized carbons (Fsp3) is 0.700. The van der Waals surface area contributed by atoms with E-state index in [4.69, 9.17) is 14.1 Å². The molecule has 0 saturated heterocycles. The van der Waals surface area contributed by atoms with Crippen molar-refractivity contribution in [2.45, 2.75) is 63.9 Å². The van der Waals surface area contributed by atoms with Crippen molar-refractivity contribution in [1.29, 1.82) is 0 Å². The molecular weight excluding hydrogens is 366 g/mol. The Balaban J connectivity index is 1.75. The molecule has 0 amide bonds. The minimum absolute atomic E-state index is 0.0366. The Morgan fingerprint density at radius 2 is 1.89 bits per heavy atom. The lowest BCUT2D eigenvalue weighted by Crippen LogP contribution is -2.45. The third-order valence-corrected chi connectivity index (χ3v) is 7.71. The molecule has 1 aromatic carbocycles. The molecule has 3 aliphatic rings. The van der Waals surface area contributed by atoms with Crippen molar-refractivity contribution in [2.24, 2.45) is 22.4 Å². The smallest absolute Gasteiger partial charge is 0.380 e. The number of ether oxygens (including phenoxy) is 1. The van der Waals surface area contributed by atoms with Gasteiger partial charge in [-0.1, -0.05) is 19.8 Å². The van der Waals surface area contributed by atoms with E-state index in [1.807, 2.05) is 6.07 Å². The maximum Gasteiger partial charge on any atom is 0.380 e. The van der Waals surface area contributed by atoms with Crippen molar-refractivity contribution >= 4 is 10.3 Å². The normalized spacial score (nSPS) is 35.6. The number of benzene rings is 1. The molecule has 6 nitrogen and oxygen atoms in total. The van der Waals surface area contributed by atoms with Gasteiger partial charge in [0.15, 0.2) is 11.5 Å². The average Bonchev–Trinajstić information content (AvgIpc) is 2.59. The van der Waals surface area contributed by atoms with Gasteiger partial charge in [-0.3, -0.25) is 0 Å². The second kappa shape index (κ2) is 6.64. The quantitative estimate of drug-likeness (QED) is 0.817. The van der Waals surface area contributed by atoms with Crippen LogP contribution in [-0.2, 0) is 10.3 Å². The van der Waals surface area contributed by atoms with Crippen LogP contribution in [-0.4, -0.2) is 20.6 Å². The van der Waals surface area contributed by atoms with Crippen LogP contribution in [0.2, 0.25) is 0 Å². The van der Waals surface area contributed by atoms with E-state index in [0.717, 1.165) is 24.0 Å². The summed E-state index contributed by atoms with van der Waals surface area (Å²) in [6, 6.07) is 3.44. The van der Waals surface area contributed by atoms with E-state index in [9.17, 15) is 13.5 Å². The lowest BCUT2D eigenvalue weighted by molar-refractivity contribution is -0.0278. The highest BCUT2D eigenvalue weighted by Gasteiger charge is 2.50. The van der Waals surface area contributed by atoms with Crippen LogP contribution in [0.1, 0.15) is 75.0 Å². The third kappa shape index (κ3) is 3.34. The zero-order chi connectivity index (χ0) is 19.4. The topological polar surface area (TPSA) is 98.9 Å². The van der Waals surface area contributed by atoms with Crippen molar-refractivity contribution in [3.63, 3.8) is 0 Å². The average molecular weight is 396 g/mol. The molecule has 1 aromatic rings. The van der Waals surface area contributed by atoms with Crippen molar-refractivity contribution in [3.05, 3.63) is 23.3 Å². The molecule has 0 aliphatic heterocycles. The van der Waals surface area contributed by atoms with Crippen LogP contribution in [0.5, 0.6) is 11.5 Å². The van der Waals surface area contributed by atoms with E-state index >= 15 is 0 Å². The minimum Gasteiger partial charge on any atom is -0.493 e. The molecule has 4 rings (SSSR count). The molecule has 0 spiro atoms. The highest BCUT2D eigenvalue weighted by atomic mass is 32.2. The van der Waals surface area contributed by atoms with Gasteiger partial charge in [-0.25, -0.2) is 0 Å². The molecule has 3 unspecified atom stereocenters. The summed E-state index contributed by atoms with van der Waals surface area (Å²) >= 11 is 0. The van der Waals surface area contributed by atoms with Gasteiger partial charge in [0.05, 0.1) is 13.2 Å². The molecule has 5 atom stereocenters. The molecule has 0 bridgehead atoms. The lowest BCUT2D eigenvalue weighted by Gasteiger charge is -2.55. The van der Waals surface area contributed by atoms with Gasteiger partial charge < -0.3 is 14.0 Å². The molecule has 150 valence electrons. The van der Waals surface area contributed by atoms with Gasteiger partial charge in [-0.15, -0.1) is 0 Å². The second-order valence-corrected chi connectivity index (χ2v) is 9.93. The van der Waals surface area contributed by atoms with E-state index in [1.54, 1.807) is 6.07 Å². The zero-order valence-corrected chi connectivity index (χ0v) is 16.8. The van der Waals surface area contributed by atoms with Gasteiger partial charge in [0.25, 0.3) is 0 Å². The highest BCUT2D eigenvalue weighted by Crippen LogP contribution is 2.61. The summed E-state index contributed by atoms with van der Waals surface area (Å²) in [6.07, 6.45) is 7.50. The number of methoxy groups -OCH3 is 1.